The quantitative estimate of drug-likeness (QED) is 0.352. The maximum atomic E-state index is 5.02. The van der Waals surface area contributed by atoms with Crippen LogP contribution in [0.1, 0.15) is 6.92 Å². The van der Waals surface area contributed by atoms with Gasteiger partial charge < -0.3 is 5.73 Å². The number of hydrazone groups is 1. The largest absolute Gasteiger partial charge is 0.403 e. The molecule has 11 heavy (non-hydrogen) atoms. The van der Waals surface area contributed by atoms with Crippen molar-refractivity contribution in [2.45, 2.75) is 6.92 Å². The minimum absolute atomic E-state index is 0.875. The number of nitrogens with zero attached hydrogens (tertiary/aromatic N) is 2. The van der Waals surface area contributed by atoms with Crippen molar-refractivity contribution in [2.75, 3.05) is 0 Å². The first kappa shape index (κ1) is 9.42. The molecular formula is C7H12N4. The highest BCUT2D eigenvalue weighted by molar-refractivity contribution is 5.77. The fourth-order valence-electron chi connectivity index (χ4n) is 0.307. The second-order valence-electron chi connectivity index (χ2n) is 1.85. The molecule has 0 heterocycles. The van der Waals surface area contributed by atoms with Gasteiger partial charge in [0.1, 0.15) is 6.34 Å². The summed E-state index contributed by atoms with van der Waals surface area (Å²) in [6.07, 6.45) is 5.80. The zero-order chi connectivity index (χ0) is 8.53. The summed E-state index contributed by atoms with van der Waals surface area (Å²) in [6.45, 7) is 5.47. The topological polar surface area (TPSA) is 62.8 Å². The third-order valence-corrected chi connectivity index (χ3v) is 0.664. The molecule has 4 heteroatoms. The Morgan fingerprint density at radius 2 is 2.36 bits per heavy atom. The van der Waals surface area contributed by atoms with Gasteiger partial charge in [0.05, 0.1) is 0 Å². The Kier molecular flexibility index (Phi) is 5.60. The molecule has 60 valence electrons. The third-order valence-electron chi connectivity index (χ3n) is 0.664. The van der Waals surface area contributed by atoms with E-state index in [0.717, 1.165) is 5.57 Å². The zero-order valence-corrected chi connectivity index (χ0v) is 6.49. The van der Waals surface area contributed by atoms with Crippen LogP contribution in [0.25, 0.3) is 0 Å². The smallest absolute Gasteiger partial charge is 0.108 e. The summed E-state index contributed by atoms with van der Waals surface area (Å²) in [7, 11) is 0. The minimum Gasteiger partial charge on any atom is -0.403 e. The molecule has 0 amide bonds. The molecule has 3 N–H and O–H groups in total. The van der Waals surface area contributed by atoms with E-state index >= 15 is 0 Å². The molecule has 0 aliphatic heterocycles. The van der Waals surface area contributed by atoms with Gasteiger partial charge >= 0.3 is 0 Å². The summed E-state index contributed by atoms with van der Waals surface area (Å²) < 4.78 is 0. The number of hydrogen-bond acceptors (Lipinski definition) is 3. The lowest BCUT2D eigenvalue weighted by molar-refractivity contribution is 1.06. The summed E-state index contributed by atoms with van der Waals surface area (Å²) >= 11 is 0. The van der Waals surface area contributed by atoms with Crippen molar-refractivity contribution in [3.05, 3.63) is 24.6 Å². The first-order valence-corrected chi connectivity index (χ1v) is 3.10. The molecule has 0 aliphatic rings. The Bertz CT molecular complexity index is 191. The molecule has 0 saturated heterocycles. The van der Waals surface area contributed by atoms with Crippen molar-refractivity contribution in [1.29, 1.82) is 0 Å². The van der Waals surface area contributed by atoms with Gasteiger partial charge in [-0.3, -0.25) is 5.43 Å². The van der Waals surface area contributed by atoms with Crippen molar-refractivity contribution in [3.8, 4) is 0 Å². The maximum Gasteiger partial charge on any atom is 0.108 e. The molecule has 0 aliphatic carbocycles. The van der Waals surface area contributed by atoms with Gasteiger partial charge in [-0.2, -0.15) is 5.10 Å². The van der Waals surface area contributed by atoms with Crippen LogP contribution in [0.4, 0.5) is 0 Å². The van der Waals surface area contributed by atoms with Gasteiger partial charge in [0.25, 0.3) is 0 Å². The van der Waals surface area contributed by atoms with Gasteiger partial charge in [0, 0.05) is 18.6 Å². The number of allylic oxidation sites excluding steroid dienone is 1. The lowest BCUT2D eigenvalue weighted by atomic mass is 10.4. The summed E-state index contributed by atoms with van der Waals surface area (Å²) in [6, 6.07) is 0. The van der Waals surface area contributed by atoms with Crippen molar-refractivity contribution >= 4 is 12.6 Å². The van der Waals surface area contributed by atoms with E-state index in [1.165, 1.54) is 18.7 Å². The van der Waals surface area contributed by atoms with Crippen LogP contribution in [0.15, 0.2) is 34.6 Å². The Balaban J connectivity index is 3.48. The average Bonchev–Trinajstić information content (AvgIpc) is 1.96. The van der Waals surface area contributed by atoms with Crippen molar-refractivity contribution in [3.63, 3.8) is 0 Å². The molecule has 0 aromatic heterocycles. The van der Waals surface area contributed by atoms with Crippen LogP contribution < -0.4 is 11.2 Å². The molecule has 0 spiro atoms. The molecule has 0 aromatic rings. The first-order valence-electron chi connectivity index (χ1n) is 3.10. The van der Waals surface area contributed by atoms with Gasteiger partial charge in [-0.1, -0.05) is 6.58 Å². The van der Waals surface area contributed by atoms with E-state index in [0.29, 0.717) is 0 Å². The molecule has 0 saturated carbocycles. The SMILES string of the molecule is C=C(C)/C=N\NC=N/C=C\N. The first-order chi connectivity index (χ1) is 5.27. The van der Waals surface area contributed by atoms with Gasteiger partial charge in [0.2, 0.25) is 0 Å². The highest BCUT2D eigenvalue weighted by Gasteiger charge is 1.70. The molecule has 0 unspecified atom stereocenters. The molecular weight excluding hydrogens is 140 g/mol. The van der Waals surface area contributed by atoms with E-state index in [1.54, 1.807) is 6.21 Å². The Morgan fingerprint density at radius 3 is 2.91 bits per heavy atom. The van der Waals surface area contributed by atoms with Crippen molar-refractivity contribution < 1.29 is 0 Å². The monoisotopic (exact) mass is 152 g/mol. The van der Waals surface area contributed by atoms with Gasteiger partial charge in [-0.05, 0) is 12.5 Å². The van der Waals surface area contributed by atoms with Crippen LogP contribution in [0.3, 0.4) is 0 Å². The lowest BCUT2D eigenvalue weighted by Gasteiger charge is -1.86. The number of aliphatic imine (C=N–C) groups is 1. The van der Waals surface area contributed by atoms with Gasteiger partial charge in [-0.25, -0.2) is 4.99 Å². The zero-order valence-electron chi connectivity index (χ0n) is 6.49. The average molecular weight is 152 g/mol. The number of hydrogen-bond donors (Lipinski definition) is 2. The van der Waals surface area contributed by atoms with E-state index < -0.39 is 0 Å². The number of nitrogens with one attached hydrogen (secondary N) is 1. The Morgan fingerprint density at radius 1 is 1.64 bits per heavy atom. The fraction of sp³-hybridized carbons (Fsp3) is 0.143. The molecule has 4 nitrogen and oxygen atoms in total. The molecule has 0 atom stereocenters. The van der Waals surface area contributed by atoms with Crippen LogP contribution in [0.2, 0.25) is 0 Å². The molecule has 0 aromatic carbocycles. The predicted octanol–water partition coefficient (Wildman–Crippen LogP) is 0.596. The number of rotatable bonds is 4. The normalized spacial score (nSPS) is 11.7. The molecule has 0 bridgehead atoms. The van der Waals surface area contributed by atoms with Gasteiger partial charge in [0.15, 0.2) is 0 Å². The fourth-order valence-corrected chi connectivity index (χ4v) is 0.307. The highest BCUT2D eigenvalue weighted by atomic mass is 15.3. The highest BCUT2D eigenvalue weighted by Crippen LogP contribution is 1.75. The second-order valence-corrected chi connectivity index (χ2v) is 1.85. The summed E-state index contributed by atoms with van der Waals surface area (Å²) in [5.74, 6) is 0. The van der Waals surface area contributed by atoms with E-state index in [-0.39, 0.29) is 0 Å². The van der Waals surface area contributed by atoms with Crippen molar-refractivity contribution in [1.82, 2.24) is 5.43 Å². The predicted molar refractivity (Wildman–Crippen MR) is 48.3 cm³/mol. The summed E-state index contributed by atoms with van der Waals surface area (Å²) in [5, 5.41) is 3.74. The standard InChI is InChI=1S/C7H12N4/c1-7(2)5-10-11-6-9-4-3-8/h3-6H,1,8H2,2H3,(H,9,11)/b4-3-,10-5-. The lowest BCUT2D eigenvalue weighted by Crippen LogP contribution is -2.00. The maximum absolute atomic E-state index is 5.02. The third kappa shape index (κ3) is 8.42. The molecule has 0 rings (SSSR count). The van der Waals surface area contributed by atoms with Crippen LogP contribution in [0.5, 0.6) is 0 Å². The van der Waals surface area contributed by atoms with Crippen LogP contribution in [-0.2, 0) is 0 Å². The summed E-state index contributed by atoms with van der Waals surface area (Å²) in [5.41, 5.74) is 8.45. The van der Waals surface area contributed by atoms with Gasteiger partial charge in [-0.15, -0.1) is 0 Å². The minimum atomic E-state index is 0.875. The Labute approximate surface area is 66.2 Å². The van der Waals surface area contributed by atoms with E-state index in [2.05, 4.69) is 22.1 Å². The van der Waals surface area contributed by atoms with E-state index in [1.807, 2.05) is 6.92 Å². The van der Waals surface area contributed by atoms with Crippen LogP contribution in [0, 0.1) is 0 Å². The second kappa shape index (κ2) is 6.54. The molecule has 0 radical (unpaired) electrons. The Hall–Kier alpha value is -1.58. The van der Waals surface area contributed by atoms with Crippen LogP contribution >= 0.6 is 0 Å². The van der Waals surface area contributed by atoms with E-state index in [9.17, 15) is 0 Å². The molecule has 0 fully saturated rings. The van der Waals surface area contributed by atoms with Crippen molar-refractivity contribution in [2.24, 2.45) is 15.8 Å². The van der Waals surface area contributed by atoms with E-state index in [4.69, 9.17) is 5.73 Å². The van der Waals surface area contributed by atoms with Crippen LogP contribution in [-0.4, -0.2) is 12.6 Å². The number of nitrogens with two attached hydrogens (primary N) is 1. The summed E-state index contributed by atoms with van der Waals surface area (Å²) in [4.78, 5) is 3.70.